The molecule has 2 aromatic carbocycles. The van der Waals surface area contributed by atoms with Crippen molar-refractivity contribution in [2.75, 3.05) is 0 Å². The second-order valence-corrected chi connectivity index (χ2v) is 7.23. The molecule has 6 nitrogen and oxygen atoms in total. The molecule has 0 radical (unpaired) electrons. The van der Waals surface area contributed by atoms with E-state index in [0.29, 0.717) is 17.3 Å². The van der Waals surface area contributed by atoms with Crippen LogP contribution < -0.4 is 0 Å². The highest BCUT2D eigenvalue weighted by atomic mass is 16.5. The highest BCUT2D eigenvalue weighted by molar-refractivity contribution is 5.72. The molecule has 2 heterocycles. The minimum absolute atomic E-state index is 0.0754. The number of carbonyl (C=O) groups excluding carboxylic acids is 1. The number of hydrogen-bond acceptors (Lipinski definition) is 5. The second kappa shape index (κ2) is 8.37. The zero-order valence-electron chi connectivity index (χ0n) is 17.3. The van der Waals surface area contributed by atoms with Crippen LogP contribution in [0.1, 0.15) is 28.4 Å². The third-order valence-electron chi connectivity index (χ3n) is 4.82. The number of aromatic nitrogens is 3. The van der Waals surface area contributed by atoms with Gasteiger partial charge in [-0.2, -0.15) is 5.10 Å². The van der Waals surface area contributed by atoms with Gasteiger partial charge in [0.15, 0.2) is 0 Å². The normalized spacial score (nSPS) is 10.9. The van der Waals surface area contributed by atoms with E-state index in [1.165, 1.54) is 0 Å². The molecular formula is C24H23N3O3. The average molecular weight is 401 g/mol. The van der Waals surface area contributed by atoms with Gasteiger partial charge < -0.3 is 9.15 Å². The van der Waals surface area contributed by atoms with E-state index >= 15 is 0 Å². The summed E-state index contributed by atoms with van der Waals surface area (Å²) in [4.78, 5) is 16.8. The quantitative estimate of drug-likeness (QED) is 0.437. The Kier molecular flexibility index (Phi) is 5.48. The average Bonchev–Trinajstić information content (AvgIpc) is 3.28. The van der Waals surface area contributed by atoms with Crippen molar-refractivity contribution in [3.8, 4) is 17.1 Å². The fraction of sp³-hybridized carbons (Fsp3) is 0.208. The molecule has 0 amide bonds. The largest absolute Gasteiger partial charge is 0.461 e. The third kappa shape index (κ3) is 4.33. The number of rotatable bonds is 6. The van der Waals surface area contributed by atoms with Crippen LogP contribution in [-0.4, -0.2) is 20.7 Å². The SMILES string of the molecule is Cc1cc(C)n(-c2ccc(COC(=O)Cc3nc(-c4ccccc4)oc3C)cc2)n1. The highest BCUT2D eigenvalue weighted by Crippen LogP contribution is 2.22. The Morgan fingerprint density at radius 1 is 1.03 bits per heavy atom. The van der Waals surface area contributed by atoms with E-state index in [9.17, 15) is 4.79 Å². The molecule has 152 valence electrons. The molecule has 4 aromatic rings. The van der Waals surface area contributed by atoms with Gasteiger partial charge in [0.25, 0.3) is 0 Å². The summed E-state index contributed by atoms with van der Waals surface area (Å²) < 4.78 is 13.0. The predicted molar refractivity (Wildman–Crippen MR) is 113 cm³/mol. The molecule has 0 unspecified atom stereocenters. The monoisotopic (exact) mass is 401 g/mol. The summed E-state index contributed by atoms with van der Waals surface area (Å²) in [6.07, 6.45) is 0.0754. The van der Waals surface area contributed by atoms with E-state index in [1.54, 1.807) is 6.92 Å². The number of aryl methyl sites for hydroxylation is 3. The van der Waals surface area contributed by atoms with E-state index < -0.39 is 0 Å². The first-order valence-corrected chi connectivity index (χ1v) is 9.79. The summed E-state index contributed by atoms with van der Waals surface area (Å²) in [5, 5.41) is 4.48. The number of hydrogen-bond donors (Lipinski definition) is 0. The van der Waals surface area contributed by atoms with Gasteiger partial charge in [-0.25, -0.2) is 9.67 Å². The first kappa shape index (κ1) is 19.6. The van der Waals surface area contributed by atoms with Gasteiger partial charge in [-0.3, -0.25) is 4.79 Å². The van der Waals surface area contributed by atoms with Gasteiger partial charge in [0.2, 0.25) is 5.89 Å². The third-order valence-corrected chi connectivity index (χ3v) is 4.82. The molecular weight excluding hydrogens is 378 g/mol. The van der Waals surface area contributed by atoms with Crippen LogP contribution in [0, 0.1) is 20.8 Å². The molecule has 0 N–H and O–H groups in total. The van der Waals surface area contributed by atoms with E-state index in [4.69, 9.17) is 9.15 Å². The van der Waals surface area contributed by atoms with E-state index in [-0.39, 0.29) is 19.0 Å². The smallest absolute Gasteiger partial charge is 0.312 e. The van der Waals surface area contributed by atoms with Crippen LogP contribution in [0.2, 0.25) is 0 Å². The van der Waals surface area contributed by atoms with Gasteiger partial charge in [-0.15, -0.1) is 0 Å². The van der Waals surface area contributed by atoms with Crippen molar-refractivity contribution in [1.82, 2.24) is 14.8 Å². The predicted octanol–water partition coefficient (Wildman–Crippen LogP) is 4.74. The van der Waals surface area contributed by atoms with Gasteiger partial charge >= 0.3 is 5.97 Å². The van der Waals surface area contributed by atoms with E-state index in [0.717, 1.165) is 28.2 Å². The van der Waals surface area contributed by atoms with Crippen LogP contribution in [-0.2, 0) is 22.6 Å². The summed E-state index contributed by atoms with van der Waals surface area (Å²) in [7, 11) is 0. The number of oxazole rings is 1. The van der Waals surface area contributed by atoms with Crippen LogP contribution in [0.25, 0.3) is 17.1 Å². The Morgan fingerprint density at radius 3 is 2.43 bits per heavy atom. The van der Waals surface area contributed by atoms with Gasteiger partial charge in [-0.1, -0.05) is 30.3 Å². The van der Waals surface area contributed by atoms with Crippen molar-refractivity contribution >= 4 is 5.97 Å². The molecule has 4 rings (SSSR count). The number of ether oxygens (including phenoxy) is 1. The van der Waals surface area contributed by atoms with Crippen molar-refractivity contribution in [3.63, 3.8) is 0 Å². The first-order chi connectivity index (χ1) is 14.5. The molecule has 0 aliphatic heterocycles. The zero-order valence-corrected chi connectivity index (χ0v) is 17.3. The maximum absolute atomic E-state index is 12.3. The maximum atomic E-state index is 12.3. The van der Waals surface area contributed by atoms with Crippen LogP contribution >= 0.6 is 0 Å². The lowest BCUT2D eigenvalue weighted by atomic mass is 10.2. The summed E-state index contributed by atoms with van der Waals surface area (Å²) >= 11 is 0. The molecule has 0 bridgehead atoms. The molecule has 0 saturated heterocycles. The van der Waals surface area contributed by atoms with Crippen LogP contribution in [0.15, 0.2) is 65.1 Å². The number of carbonyl (C=O) groups is 1. The Balaban J connectivity index is 1.36. The highest BCUT2D eigenvalue weighted by Gasteiger charge is 2.15. The van der Waals surface area contributed by atoms with Gasteiger partial charge in [0.1, 0.15) is 12.4 Å². The summed E-state index contributed by atoms with van der Waals surface area (Å²) in [6.45, 7) is 6.00. The van der Waals surface area contributed by atoms with Crippen molar-refractivity contribution in [1.29, 1.82) is 0 Å². The number of nitrogens with zero attached hydrogens (tertiary/aromatic N) is 3. The molecule has 0 aliphatic carbocycles. The molecule has 2 aromatic heterocycles. The standard InChI is InChI=1S/C24H23N3O3/c1-16-13-17(2)27(26-16)21-11-9-19(10-12-21)15-29-23(28)14-22-18(3)30-24(25-22)20-7-5-4-6-8-20/h4-13H,14-15H2,1-3H3. The maximum Gasteiger partial charge on any atom is 0.312 e. The van der Waals surface area contributed by atoms with E-state index in [2.05, 4.69) is 10.1 Å². The lowest BCUT2D eigenvalue weighted by molar-refractivity contribution is -0.144. The second-order valence-electron chi connectivity index (χ2n) is 7.23. The number of esters is 1. The summed E-state index contributed by atoms with van der Waals surface area (Å²) in [6, 6.07) is 19.5. The Bertz CT molecular complexity index is 1160. The molecule has 0 aliphatic rings. The lowest BCUT2D eigenvalue weighted by Gasteiger charge is -2.07. The minimum Gasteiger partial charge on any atom is -0.461 e. The minimum atomic E-state index is -0.339. The molecule has 6 heteroatoms. The van der Waals surface area contributed by atoms with Crippen molar-refractivity contribution < 1.29 is 13.9 Å². The molecule has 0 fully saturated rings. The van der Waals surface area contributed by atoms with Crippen molar-refractivity contribution in [3.05, 3.63) is 89.1 Å². The molecule has 30 heavy (non-hydrogen) atoms. The van der Waals surface area contributed by atoms with Gasteiger partial charge in [-0.05, 0) is 56.7 Å². The Labute approximate surface area is 175 Å². The Morgan fingerprint density at radius 2 is 1.77 bits per heavy atom. The molecule has 0 saturated carbocycles. The molecule has 0 atom stereocenters. The van der Waals surface area contributed by atoms with Crippen molar-refractivity contribution in [2.24, 2.45) is 0 Å². The fourth-order valence-corrected chi connectivity index (χ4v) is 3.27. The van der Waals surface area contributed by atoms with Crippen LogP contribution in [0.4, 0.5) is 0 Å². The van der Waals surface area contributed by atoms with Crippen LogP contribution in [0.3, 0.4) is 0 Å². The summed E-state index contributed by atoms with van der Waals surface area (Å²) in [5.41, 5.74) is 5.41. The zero-order chi connectivity index (χ0) is 21.1. The number of benzene rings is 2. The van der Waals surface area contributed by atoms with Gasteiger partial charge in [0.05, 0.1) is 23.5 Å². The summed E-state index contributed by atoms with van der Waals surface area (Å²) in [5.74, 6) is 0.796. The lowest BCUT2D eigenvalue weighted by Crippen LogP contribution is -2.09. The van der Waals surface area contributed by atoms with Crippen LogP contribution in [0.5, 0.6) is 0 Å². The topological polar surface area (TPSA) is 70.2 Å². The fourth-order valence-electron chi connectivity index (χ4n) is 3.27. The first-order valence-electron chi connectivity index (χ1n) is 9.79. The van der Waals surface area contributed by atoms with Crippen molar-refractivity contribution in [2.45, 2.75) is 33.8 Å². The van der Waals surface area contributed by atoms with E-state index in [1.807, 2.05) is 79.2 Å². The Hall–Kier alpha value is -3.67. The van der Waals surface area contributed by atoms with Gasteiger partial charge in [0, 0.05) is 11.3 Å². The molecule has 0 spiro atoms.